The Morgan fingerprint density at radius 1 is 0.852 bits per heavy atom. The van der Waals surface area contributed by atoms with Crippen molar-refractivity contribution in [3.8, 4) is 23.0 Å². The number of likely N-dealkylation sites (tertiary alicyclic amines) is 1. The Morgan fingerprint density at radius 2 is 1.52 bits per heavy atom. The molecule has 6 aliphatic rings. The number of carbonyl (C=O) groups is 3. The van der Waals surface area contributed by atoms with Crippen molar-refractivity contribution >= 4 is 18.2 Å². The third-order valence-electron chi connectivity index (χ3n) is 12.6. The summed E-state index contributed by atoms with van der Waals surface area (Å²) in [5.74, 6) is 2.12. The number of hydrogen-bond donors (Lipinski definition) is 2. The number of cyclic esters (lactones) is 1. The van der Waals surface area contributed by atoms with Gasteiger partial charge >= 0.3 is 18.2 Å². The molecule has 0 spiro atoms. The highest BCUT2D eigenvalue weighted by Crippen LogP contribution is 2.66. The third-order valence-corrected chi connectivity index (χ3v) is 12.6. The second kappa shape index (κ2) is 15.5. The van der Waals surface area contributed by atoms with Crippen LogP contribution in [0.3, 0.4) is 0 Å². The second-order valence-electron chi connectivity index (χ2n) is 17.4. The van der Waals surface area contributed by atoms with Gasteiger partial charge in [-0.15, -0.1) is 0 Å². The van der Waals surface area contributed by atoms with Gasteiger partial charge in [0, 0.05) is 30.6 Å². The van der Waals surface area contributed by atoms with E-state index in [-0.39, 0.29) is 35.5 Å². The maximum absolute atomic E-state index is 13.1. The zero-order chi connectivity index (χ0) is 38.1. The Kier molecular flexibility index (Phi) is 10.9. The molecule has 0 aromatic heterocycles. The van der Waals surface area contributed by atoms with Crippen LogP contribution in [-0.2, 0) is 27.1 Å². The minimum Gasteiger partial charge on any atom is -0.493 e. The zero-order valence-electron chi connectivity index (χ0n) is 32.5. The van der Waals surface area contributed by atoms with Crippen LogP contribution in [0.2, 0.25) is 0 Å². The van der Waals surface area contributed by atoms with Crippen LogP contribution in [0.15, 0.2) is 36.4 Å². The van der Waals surface area contributed by atoms with E-state index in [1.54, 1.807) is 20.3 Å². The van der Waals surface area contributed by atoms with Gasteiger partial charge in [-0.1, -0.05) is 26.0 Å². The summed E-state index contributed by atoms with van der Waals surface area (Å²) in [5, 5.41) is 6.34. The summed E-state index contributed by atoms with van der Waals surface area (Å²) in [6.45, 7) is 7.56. The van der Waals surface area contributed by atoms with Crippen LogP contribution in [0.1, 0.15) is 76.3 Å². The van der Waals surface area contributed by atoms with Crippen LogP contribution >= 0.6 is 0 Å². The Bertz CT molecular complexity index is 1700. The van der Waals surface area contributed by atoms with Gasteiger partial charge in [0.15, 0.2) is 23.0 Å². The molecule has 12 heteroatoms. The van der Waals surface area contributed by atoms with Crippen LogP contribution in [0.4, 0.5) is 9.59 Å². The lowest BCUT2D eigenvalue weighted by Gasteiger charge is -2.65. The quantitative estimate of drug-likeness (QED) is 0.225. The number of rotatable bonds is 13. The SMILES string of the molecule is COc1ccc(C[C@H]2COC(=O)[C@@H]2Cc2ccc(OC(=O)N[C@H]3CCCN(CCOC(=O)NC45CC6CC(C)(CC(C)(C6)C4)C5)C3)c(OC)c2)cc1OC. The molecule has 4 saturated carbocycles. The van der Waals surface area contributed by atoms with E-state index in [9.17, 15) is 14.4 Å². The van der Waals surface area contributed by atoms with Crippen LogP contribution in [0.5, 0.6) is 23.0 Å². The number of amides is 2. The van der Waals surface area contributed by atoms with Crippen molar-refractivity contribution < 1.29 is 42.8 Å². The van der Waals surface area contributed by atoms with Crippen LogP contribution < -0.4 is 29.6 Å². The van der Waals surface area contributed by atoms with E-state index in [4.69, 9.17) is 28.4 Å². The first kappa shape index (κ1) is 38.1. The minimum atomic E-state index is -0.559. The van der Waals surface area contributed by atoms with E-state index >= 15 is 0 Å². The molecule has 8 rings (SSSR count). The van der Waals surface area contributed by atoms with Crippen LogP contribution in [0, 0.1) is 28.6 Å². The smallest absolute Gasteiger partial charge is 0.412 e. The van der Waals surface area contributed by atoms with E-state index in [0.717, 1.165) is 49.8 Å². The summed E-state index contributed by atoms with van der Waals surface area (Å²) in [7, 11) is 4.73. The molecule has 6 fully saturated rings. The number of piperidine rings is 1. The maximum Gasteiger partial charge on any atom is 0.412 e. The minimum absolute atomic E-state index is 0.0130. The second-order valence-corrected chi connectivity index (χ2v) is 17.4. The number of ether oxygens (including phenoxy) is 6. The third kappa shape index (κ3) is 8.53. The lowest BCUT2D eigenvalue weighted by Crippen LogP contribution is -2.65. The number of alkyl carbamates (subject to hydrolysis) is 1. The van der Waals surface area contributed by atoms with E-state index in [1.807, 2.05) is 30.3 Å². The van der Waals surface area contributed by atoms with Crippen molar-refractivity contribution in [2.24, 2.45) is 28.6 Å². The average molecular weight is 748 g/mol. The predicted molar refractivity (Wildman–Crippen MR) is 201 cm³/mol. The number of carbonyl (C=O) groups excluding carboxylic acids is 3. The summed E-state index contributed by atoms with van der Waals surface area (Å²) in [4.78, 5) is 41.1. The van der Waals surface area contributed by atoms with Gasteiger partial charge in [0.2, 0.25) is 0 Å². The summed E-state index contributed by atoms with van der Waals surface area (Å²) in [6.07, 6.45) is 8.97. The van der Waals surface area contributed by atoms with Crippen molar-refractivity contribution in [2.45, 2.75) is 89.6 Å². The van der Waals surface area contributed by atoms with Crippen molar-refractivity contribution in [3.05, 3.63) is 47.5 Å². The van der Waals surface area contributed by atoms with Gasteiger partial charge in [0.1, 0.15) is 6.61 Å². The number of esters is 1. The number of nitrogens with one attached hydrogen (secondary N) is 2. The van der Waals surface area contributed by atoms with Crippen molar-refractivity contribution in [2.75, 3.05) is 54.2 Å². The molecule has 294 valence electrons. The maximum atomic E-state index is 13.1. The topological polar surface area (TPSA) is 134 Å². The lowest BCUT2D eigenvalue weighted by atomic mass is 9.43. The highest BCUT2D eigenvalue weighted by molar-refractivity contribution is 5.75. The van der Waals surface area contributed by atoms with Gasteiger partial charge in [-0.25, -0.2) is 9.59 Å². The first-order chi connectivity index (χ1) is 25.9. The Balaban J connectivity index is 0.869. The van der Waals surface area contributed by atoms with Gasteiger partial charge in [-0.05, 0) is 123 Å². The molecular formula is C42H57N3O9. The Labute approximate surface area is 318 Å². The molecule has 2 N–H and O–H groups in total. The normalized spacial score (nSPS) is 31.4. The summed E-state index contributed by atoms with van der Waals surface area (Å²) in [6, 6.07) is 11.0. The van der Waals surface area contributed by atoms with Crippen molar-refractivity contribution in [1.29, 1.82) is 0 Å². The van der Waals surface area contributed by atoms with Crippen LogP contribution in [0.25, 0.3) is 0 Å². The van der Waals surface area contributed by atoms with Crippen LogP contribution in [-0.4, -0.2) is 88.8 Å². The molecule has 54 heavy (non-hydrogen) atoms. The summed E-state index contributed by atoms with van der Waals surface area (Å²) in [5.41, 5.74) is 2.41. The molecule has 2 aliphatic heterocycles. The molecule has 2 aromatic rings. The summed E-state index contributed by atoms with van der Waals surface area (Å²) >= 11 is 0. The first-order valence-electron chi connectivity index (χ1n) is 19.6. The van der Waals surface area contributed by atoms with Gasteiger partial charge in [-0.3, -0.25) is 9.69 Å². The first-order valence-corrected chi connectivity index (χ1v) is 19.6. The predicted octanol–water partition coefficient (Wildman–Crippen LogP) is 6.31. The van der Waals surface area contributed by atoms with Crippen molar-refractivity contribution in [3.63, 3.8) is 0 Å². The van der Waals surface area contributed by atoms with Gasteiger partial charge in [0.25, 0.3) is 0 Å². The number of nitrogens with zero attached hydrogens (tertiary/aromatic N) is 1. The average Bonchev–Trinajstić information content (AvgIpc) is 3.44. The molecule has 4 aliphatic carbocycles. The van der Waals surface area contributed by atoms with E-state index in [1.165, 1.54) is 26.4 Å². The molecule has 0 radical (unpaired) electrons. The fraction of sp³-hybridized carbons (Fsp3) is 0.643. The molecule has 2 heterocycles. The van der Waals surface area contributed by atoms with Gasteiger partial charge < -0.3 is 39.1 Å². The largest absolute Gasteiger partial charge is 0.493 e. The van der Waals surface area contributed by atoms with E-state index < -0.39 is 6.09 Å². The molecule has 2 unspecified atom stereocenters. The Hall–Kier alpha value is -4.19. The van der Waals surface area contributed by atoms with E-state index in [2.05, 4.69) is 29.4 Å². The Morgan fingerprint density at radius 3 is 2.20 bits per heavy atom. The number of hydrogen-bond acceptors (Lipinski definition) is 10. The zero-order valence-corrected chi connectivity index (χ0v) is 32.5. The number of methoxy groups -OCH3 is 3. The monoisotopic (exact) mass is 747 g/mol. The molecule has 4 bridgehead atoms. The van der Waals surface area contributed by atoms with E-state index in [0.29, 0.717) is 78.9 Å². The molecule has 2 amide bonds. The lowest BCUT2D eigenvalue weighted by molar-refractivity contribution is -0.141. The molecule has 2 aromatic carbocycles. The number of benzene rings is 2. The standard InChI is InChI=1S/C42H57N3O9/c1-40-19-29-20-41(2,24-40)26-42(21-29,25-40)44-39(48)52-14-13-45-12-6-7-31(22-45)43-38(47)54-34-11-9-28(18-36(34)51-5)16-32-30(23-53-37(32)46)15-27-8-10-33(49-3)35(17-27)50-4/h8-11,17-18,29-32H,6-7,12-16,19-26H2,1-5H3,(H,43,47)(H,44,48)/t29?,30-,31-,32+,40?,41?,42?/m0/s1. The van der Waals surface area contributed by atoms with Gasteiger partial charge in [0.05, 0.1) is 33.9 Å². The molecular weight excluding hydrogens is 690 g/mol. The summed E-state index contributed by atoms with van der Waals surface area (Å²) < 4.78 is 33.4. The highest BCUT2D eigenvalue weighted by atomic mass is 16.6. The molecule has 12 nitrogen and oxygen atoms in total. The molecule has 5 atom stereocenters. The fourth-order valence-electron chi connectivity index (χ4n) is 11.3. The molecule has 2 saturated heterocycles. The van der Waals surface area contributed by atoms with Crippen molar-refractivity contribution in [1.82, 2.24) is 15.5 Å². The fourth-order valence-corrected chi connectivity index (χ4v) is 11.3. The highest BCUT2D eigenvalue weighted by Gasteiger charge is 2.60. The van der Waals surface area contributed by atoms with Gasteiger partial charge in [-0.2, -0.15) is 0 Å².